The minimum absolute atomic E-state index is 0.284. The summed E-state index contributed by atoms with van der Waals surface area (Å²) in [4.78, 5) is 25.8. The summed E-state index contributed by atoms with van der Waals surface area (Å²) in [6.45, 7) is 0.574. The Labute approximate surface area is 108 Å². The highest BCUT2D eigenvalue weighted by Crippen LogP contribution is 2.16. The predicted molar refractivity (Wildman–Crippen MR) is 65.3 cm³/mol. The topological polar surface area (TPSA) is 135 Å². The molecule has 1 aromatic heterocycles. The van der Waals surface area contributed by atoms with E-state index in [1.807, 2.05) is 4.98 Å². The molecule has 0 spiro atoms. The van der Waals surface area contributed by atoms with Gasteiger partial charge < -0.3 is 15.4 Å². The summed E-state index contributed by atoms with van der Waals surface area (Å²) in [6.07, 6.45) is 0.00325. The van der Waals surface area contributed by atoms with Crippen LogP contribution in [0.4, 0.5) is 0 Å². The second kappa shape index (κ2) is 4.89. The molecule has 0 unspecified atom stereocenters. The van der Waals surface area contributed by atoms with Gasteiger partial charge >= 0.3 is 5.69 Å². The highest BCUT2D eigenvalue weighted by Gasteiger charge is 2.36. The van der Waals surface area contributed by atoms with Crippen LogP contribution in [0.3, 0.4) is 0 Å². The summed E-state index contributed by atoms with van der Waals surface area (Å²) < 4.78 is 25.4. The Balaban J connectivity index is 2.42. The number of hydrogen-bond donors (Lipinski definition) is 4. The molecule has 2 atom stereocenters. The maximum atomic E-state index is 12.2. The molecular weight excluding hydrogens is 276 g/mol. The number of hydrogen-bond acceptors (Lipinski definition) is 6. The molecule has 10 heteroatoms. The summed E-state index contributed by atoms with van der Waals surface area (Å²) in [5.41, 5.74) is -1.77. The van der Waals surface area contributed by atoms with Crippen molar-refractivity contribution in [1.29, 1.82) is 0 Å². The first-order valence-electron chi connectivity index (χ1n) is 5.53. The van der Waals surface area contributed by atoms with Crippen LogP contribution in [0.5, 0.6) is 0 Å². The number of β-amino-alcohol motifs (C(OH)–C–C–N with tert-alkyl or cyclic N) is 1. The van der Waals surface area contributed by atoms with E-state index in [2.05, 4.69) is 10.3 Å². The Morgan fingerprint density at radius 2 is 2.05 bits per heavy atom. The molecule has 0 aliphatic carbocycles. The molecule has 1 saturated heterocycles. The Morgan fingerprint density at radius 3 is 2.58 bits per heavy atom. The quantitative estimate of drug-likeness (QED) is 0.469. The monoisotopic (exact) mass is 290 g/mol. The van der Waals surface area contributed by atoms with Crippen LogP contribution >= 0.6 is 0 Å². The smallest absolute Gasteiger partial charge is 0.325 e. The van der Waals surface area contributed by atoms with Gasteiger partial charge in [0.25, 0.3) is 5.56 Å². The summed E-state index contributed by atoms with van der Waals surface area (Å²) in [6, 6.07) is -0.656. The molecule has 0 aromatic carbocycles. The number of aromatic amines is 2. The zero-order valence-corrected chi connectivity index (χ0v) is 10.9. The second-order valence-electron chi connectivity index (χ2n) is 4.25. The highest BCUT2D eigenvalue weighted by molar-refractivity contribution is 7.89. The van der Waals surface area contributed by atoms with Gasteiger partial charge in [0.2, 0.25) is 10.0 Å². The number of sulfonamides is 1. The van der Waals surface area contributed by atoms with Crippen molar-refractivity contribution in [2.24, 2.45) is 0 Å². The van der Waals surface area contributed by atoms with Crippen LogP contribution in [0.15, 0.2) is 20.7 Å². The highest BCUT2D eigenvalue weighted by atomic mass is 32.2. The summed E-state index contributed by atoms with van der Waals surface area (Å²) >= 11 is 0. The van der Waals surface area contributed by atoms with E-state index in [-0.39, 0.29) is 13.1 Å². The van der Waals surface area contributed by atoms with Crippen LogP contribution < -0.4 is 16.6 Å². The number of aliphatic hydroxyl groups excluding tert-OH is 1. The molecule has 0 radical (unpaired) electrons. The van der Waals surface area contributed by atoms with Gasteiger partial charge in [-0.05, 0) is 0 Å². The molecule has 9 nitrogen and oxygen atoms in total. The number of rotatable bonds is 3. The maximum Gasteiger partial charge on any atom is 0.325 e. The lowest BCUT2D eigenvalue weighted by Crippen LogP contribution is -2.45. The normalized spacial score (nSPS) is 23.9. The largest absolute Gasteiger partial charge is 0.390 e. The van der Waals surface area contributed by atoms with Gasteiger partial charge in [-0.2, -0.15) is 4.31 Å². The molecule has 0 saturated carbocycles. The van der Waals surface area contributed by atoms with Crippen molar-refractivity contribution >= 4 is 10.0 Å². The number of nitrogens with one attached hydrogen (secondary N) is 3. The Bertz CT molecular complexity index is 678. The molecule has 1 aliphatic rings. The van der Waals surface area contributed by atoms with Gasteiger partial charge in [0, 0.05) is 26.3 Å². The SMILES string of the molecule is CN([C@H]1CNC[C@@H]1O)S(=O)(=O)c1c[nH]c(=O)[nH]c1=O. The fraction of sp³-hybridized carbons (Fsp3) is 0.556. The van der Waals surface area contributed by atoms with Crippen LogP contribution in [0, 0.1) is 0 Å². The standard InChI is InChI=1S/C9H14N4O5S/c1-13(5-2-10-3-6(5)14)19(17,18)7-4-11-9(16)12-8(7)15/h4-6,10,14H,2-3H2,1H3,(H2,11,12,15,16)/t5-,6-/m0/s1. The first-order chi connectivity index (χ1) is 8.84. The van der Waals surface area contributed by atoms with Crippen molar-refractivity contribution in [3.8, 4) is 0 Å². The maximum absolute atomic E-state index is 12.2. The molecule has 0 amide bonds. The lowest BCUT2D eigenvalue weighted by atomic mass is 10.2. The van der Waals surface area contributed by atoms with Crippen LogP contribution in [0.25, 0.3) is 0 Å². The van der Waals surface area contributed by atoms with E-state index in [9.17, 15) is 23.1 Å². The van der Waals surface area contributed by atoms with Crippen LogP contribution in [-0.2, 0) is 10.0 Å². The minimum Gasteiger partial charge on any atom is -0.390 e. The summed E-state index contributed by atoms with van der Waals surface area (Å²) in [5, 5.41) is 12.5. The van der Waals surface area contributed by atoms with Gasteiger partial charge in [-0.15, -0.1) is 0 Å². The van der Waals surface area contributed by atoms with E-state index in [0.717, 1.165) is 10.5 Å². The third kappa shape index (κ3) is 2.47. The number of H-pyrrole nitrogens is 2. The van der Waals surface area contributed by atoms with Crippen LogP contribution in [0.2, 0.25) is 0 Å². The molecule has 4 N–H and O–H groups in total. The molecule has 1 fully saturated rings. The van der Waals surface area contributed by atoms with Crippen molar-refractivity contribution in [3.05, 3.63) is 27.0 Å². The van der Waals surface area contributed by atoms with Gasteiger partial charge in [-0.3, -0.25) is 9.78 Å². The van der Waals surface area contributed by atoms with Gasteiger partial charge in [0.05, 0.1) is 12.1 Å². The van der Waals surface area contributed by atoms with Gasteiger partial charge in [0.1, 0.15) is 0 Å². The Hall–Kier alpha value is -1.49. The second-order valence-corrected chi connectivity index (χ2v) is 6.22. The number of aliphatic hydroxyl groups is 1. The van der Waals surface area contributed by atoms with Crippen molar-refractivity contribution in [2.75, 3.05) is 20.1 Å². The van der Waals surface area contributed by atoms with Crippen molar-refractivity contribution in [1.82, 2.24) is 19.6 Å². The van der Waals surface area contributed by atoms with Crippen LogP contribution in [-0.4, -0.2) is 60.1 Å². The number of likely N-dealkylation sites (N-methyl/N-ethyl adjacent to an activating group) is 1. The molecular formula is C9H14N4O5S. The number of aromatic nitrogens is 2. The van der Waals surface area contributed by atoms with Gasteiger partial charge in [-0.1, -0.05) is 0 Å². The fourth-order valence-electron chi connectivity index (χ4n) is 1.94. The van der Waals surface area contributed by atoms with E-state index in [4.69, 9.17) is 0 Å². The molecule has 2 heterocycles. The van der Waals surface area contributed by atoms with E-state index < -0.39 is 38.3 Å². The molecule has 19 heavy (non-hydrogen) atoms. The van der Waals surface area contributed by atoms with E-state index in [1.165, 1.54) is 7.05 Å². The summed E-state index contributed by atoms with van der Waals surface area (Å²) in [5.74, 6) is 0. The van der Waals surface area contributed by atoms with Crippen molar-refractivity contribution < 1.29 is 13.5 Å². The zero-order valence-electron chi connectivity index (χ0n) is 10.1. The Kier molecular flexibility index (Phi) is 3.58. The average Bonchev–Trinajstić information content (AvgIpc) is 2.73. The molecule has 2 rings (SSSR count). The Morgan fingerprint density at radius 1 is 1.37 bits per heavy atom. The first-order valence-corrected chi connectivity index (χ1v) is 6.97. The molecule has 1 aromatic rings. The lowest BCUT2D eigenvalue weighted by Gasteiger charge is -2.25. The van der Waals surface area contributed by atoms with E-state index >= 15 is 0 Å². The van der Waals surface area contributed by atoms with Crippen molar-refractivity contribution in [3.63, 3.8) is 0 Å². The van der Waals surface area contributed by atoms with E-state index in [0.29, 0.717) is 0 Å². The molecule has 1 aliphatic heterocycles. The lowest BCUT2D eigenvalue weighted by molar-refractivity contribution is 0.136. The first kappa shape index (κ1) is 13.9. The predicted octanol–water partition coefficient (Wildman–Crippen LogP) is -2.98. The van der Waals surface area contributed by atoms with E-state index in [1.54, 1.807) is 0 Å². The third-order valence-corrected chi connectivity index (χ3v) is 4.95. The minimum atomic E-state index is -4.08. The van der Waals surface area contributed by atoms with Crippen molar-refractivity contribution in [2.45, 2.75) is 17.0 Å². The zero-order chi connectivity index (χ0) is 14.2. The fourth-order valence-corrected chi connectivity index (χ4v) is 3.32. The van der Waals surface area contributed by atoms with Gasteiger partial charge in [-0.25, -0.2) is 13.2 Å². The van der Waals surface area contributed by atoms with Gasteiger partial charge in [0.15, 0.2) is 4.90 Å². The molecule has 0 bridgehead atoms. The average molecular weight is 290 g/mol. The third-order valence-electron chi connectivity index (χ3n) is 3.06. The number of nitrogens with zero attached hydrogens (tertiary/aromatic N) is 1. The van der Waals surface area contributed by atoms with Crippen LogP contribution in [0.1, 0.15) is 0 Å². The summed E-state index contributed by atoms with van der Waals surface area (Å²) in [7, 11) is -2.80. The molecule has 106 valence electrons.